The van der Waals surface area contributed by atoms with Crippen LogP contribution >= 0.6 is 0 Å². The Kier molecular flexibility index (Phi) is 5.96. The minimum Gasteiger partial charge on any atom is -0.461 e. The number of hydrogen-bond acceptors (Lipinski definition) is 5. The molecule has 0 amide bonds. The van der Waals surface area contributed by atoms with Gasteiger partial charge in [-0.25, -0.2) is 4.79 Å². The summed E-state index contributed by atoms with van der Waals surface area (Å²) < 4.78 is 5.66. The first-order valence-corrected chi connectivity index (χ1v) is 8.86. The van der Waals surface area contributed by atoms with Gasteiger partial charge >= 0.3 is 5.97 Å². The van der Waals surface area contributed by atoms with Crippen molar-refractivity contribution in [2.45, 2.75) is 44.4 Å². The molecule has 0 radical (unpaired) electrons. The predicted molar refractivity (Wildman–Crippen MR) is 97.5 cm³/mol. The highest BCUT2D eigenvalue weighted by molar-refractivity contribution is 5.77. The molecule has 0 unspecified atom stereocenters. The monoisotopic (exact) mass is 354 g/mol. The number of rotatable bonds is 7. The van der Waals surface area contributed by atoms with Crippen LogP contribution in [-0.2, 0) is 16.1 Å². The van der Waals surface area contributed by atoms with Crippen molar-refractivity contribution in [1.29, 1.82) is 0 Å². The molecule has 3 rings (SSSR count). The molecule has 1 N–H and O–H groups in total. The van der Waals surface area contributed by atoms with E-state index in [1.165, 1.54) is 6.07 Å². The molecule has 6 heteroatoms. The number of nitrogens with zero attached hydrogens (tertiary/aromatic N) is 1. The van der Waals surface area contributed by atoms with Crippen molar-refractivity contribution in [3.8, 4) is 0 Å². The number of esters is 1. The van der Waals surface area contributed by atoms with Gasteiger partial charge in [0.25, 0.3) is 5.69 Å². The van der Waals surface area contributed by atoms with Crippen LogP contribution in [0.3, 0.4) is 0 Å². The first-order chi connectivity index (χ1) is 12.6. The zero-order valence-corrected chi connectivity index (χ0v) is 14.5. The predicted octanol–water partition coefficient (Wildman–Crippen LogP) is 3.91. The lowest BCUT2D eigenvalue weighted by Gasteiger charge is -2.20. The Hall–Kier alpha value is -2.73. The Bertz CT molecular complexity index is 757. The molecule has 1 saturated carbocycles. The van der Waals surface area contributed by atoms with E-state index in [1.807, 2.05) is 30.3 Å². The van der Waals surface area contributed by atoms with E-state index in [-0.39, 0.29) is 24.3 Å². The maximum atomic E-state index is 12.7. The van der Waals surface area contributed by atoms with Crippen LogP contribution in [0.25, 0.3) is 0 Å². The Balaban J connectivity index is 1.76. The minimum absolute atomic E-state index is 0.0263. The number of nitrogens with one attached hydrogen (secondary N) is 1. The van der Waals surface area contributed by atoms with Gasteiger partial charge in [-0.3, -0.25) is 15.4 Å². The van der Waals surface area contributed by atoms with Gasteiger partial charge < -0.3 is 4.74 Å². The standard InChI is InChI=1S/C20H22N2O4/c23-20(26-17-11-5-6-12-17)19(15-8-2-1-3-9-15)21-14-16-10-4-7-13-18(16)22(24)25/h1-4,7-10,13,17,19,21H,5-6,11-12,14H2/t19-/m0/s1. The highest BCUT2D eigenvalue weighted by Crippen LogP contribution is 2.25. The SMILES string of the molecule is O=C(OC1CCCC1)[C@@H](NCc1ccccc1[N+](=O)[O-])c1ccccc1. The third-order valence-corrected chi connectivity index (χ3v) is 4.64. The number of para-hydroxylation sites is 1. The quantitative estimate of drug-likeness (QED) is 0.463. The fraction of sp³-hybridized carbons (Fsp3) is 0.350. The van der Waals surface area contributed by atoms with Crippen LogP contribution in [0.1, 0.15) is 42.9 Å². The Morgan fingerprint density at radius 3 is 2.46 bits per heavy atom. The lowest BCUT2D eigenvalue weighted by molar-refractivity contribution is -0.385. The first kappa shape index (κ1) is 18.1. The molecule has 6 nitrogen and oxygen atoms in total. The molecule has 26 heavy (non-hydrogen) atoms. The molecule has 1 aliphatic carbocycles. The van der Waals surface area contributed by atoms with Crippen LogP contribution in [0.2, 0.25) is 0 Å². The number of nitro groups is 1. The van der Waals surface area contributed by atoms with Crippen LogP contribution in [0.4, 0.5) is 5.69 Å². The fourth-order valence-electron chi connectivity index (χ4n) is 3.27. The lowest BCUT2D eigenvalue weighted by atomic mass is 10.1. The molecule has 0 aromatic heterocycles. The number of carbonyl (C=O) groups excluding carboxylic acids is 1. The van der Waals surface area contributed by atoms with Gasteiger partial charge in [-0.2, -0.15) is 0 Å². The maximum Gasteiger partial charge on any atom is 0.328 e. The average Bonchev–Trinajstić information content (AvgIpc) is 3.16. The molecule has 1 fully saturated rings. The molecule has 2 aromatic carbocycles. The number of nitro benzene ring substituents is 1. The highest BCUT2D eigenvalue weighted by Gasteiger charge is 2.27. The number of benzene rings is 2. The van der Waals surface area contributed by atoms with E-state index in [0.717, 1.165) is 31.2 Å². The van der Waals surface area contributed by atoms with Gasteiger partial charge in [0, 0.05) is 18.2 Å². The Morgan fingerprint density at radius 2 is 1.77 bits per heavy atom. The van der Waals surface area contributed by atoms with Crippen molar-refractivity contribution < 1.29 is 14.5 Å². The van der Waals surface area contributed by atoms with Gasteiger partial charge in [-0.05, 0) is 31.2 Å². The molecule has 1 atom stereocenters. The molecule has 0 aliphatic heterocycles. The smallest absolute Gasteiger partial charge is 0.328 e. The first-order valence-electron chi connectivity index (χ1n) is 8.86. The fourth-order valence-corrected chi connectivity index (χ4v) is 3.27. The number of ether oxygens (including phenoxy) is 1. The third kappa shape index (κ3) is 4.46. The van der Waals surface area contributed by atoms with Gasteiger partial charge in [0.2, 0.25) is 0 Å². The van der Waals surface area contributed by atoms with Crippen molar-refractivity contribution in [1.82, 2.24) is 5.32 Å². The van der Waals surface area contributed by atoms with E-state index in [9.17, 15) is 14.9 Å². The summed E-state index contributed by atoms with van der Waals surface area (Å²) in [4.78, 5) is 23.5. The Labute approximate surface area is 152 Å². The van der Waals surface area contributed by atoms with Crippen molar-refractivity contribution in [3.63, 3.8) is 0 Å². The second-order valence-electron chi connectivity index (χ2n) is 6.45. The minimum atomic E-state index is -0.656. The zero-order chi connectivity index (χ0) is 18.4. The zero-order valence-electron chi connectivity index (χ0n) is 14.5. The van der Waals surface area contributed by atoms with E-state index in [4.69, 9.17) is 4.74 Å². The van der Waals surface area contributed by atoms with Crippen LogP contribution in [-0.4, -0.2) is 17.0 Å². The van der Waals surface area contributed by atoms with E-state index in [2.05, 4.69) is 5.32 Å². The second kappa shape index (κ2) is 8.58. The third-order valence-electron chi connectivity index (χ3n) is 4.64. The average molecular weight is 354 g/mol. The van der Waals surface area contributed by atoms with Crippen molar-refractivity contribution in [2.75, 3.05) is 0 Å². The summed E-state index contributed by atoms with van der Waals surface area (Å²) in [6.45, 7) is 0.205. The largest absolute Gasteiger partial charge is 0.461 e. The molecular formula is C20H22N2O4. The topological polar surface area (TPSA) is 81.5 Å². The van der Waals surface area contributed by atoms with E-state index >= 15 is 0 Å². The van der Waals surface area contributed by atoms with Crippen molar-refractivity contribution in [2.24, 2.45) is 0 Å². The Morgan fingerprint density at radius 1 is 1.12 bits per heavy atom. The molecule has 136 valence electrons. The van der Waals surface area contributed by atoms with Gasteiger partial charge in [0.15, 0.2) is 0 Å². The summed E-state index contributed by atoms with van der Waals surface area (Å²) in [5.74, 6) is -0.332. The van der Waals surface area contributed by atoms with E-state index in [1.54, 1.807) is 18.2 Å². The molecule has 0 spiro atoms. The molecule has 0 bridgehead atoms. The van der Waals surface area contributed by atoms with Crippen molar-refractivity contribution in [3.05, 3.63) is 75.8 Å². The van der Waals surface area contributed by atoms with Gasteiger partial charge in [-0.15, -0.1) is 0 Å². The summed E-state index contributed by atoms with van der Waals surface area (Å²) in [7, 11) is 0. The van der Waals surface area contributed by atoms with Crippen LogP contribution in [0.5, 0.6) is 0 Å². The number of carbonyl (C=O) groups is 1. The molecule has 2 aromatic rings. The second-order valence-corrected chi connectivity index (χ2v) is 6.45. The molecule has 0 heterocycles. The van der Waals surface area contributed by atoms with E-state index in [0.29, 0.717) is 5.56 Å². The normalized spacial score (nSPS) is 15.5. The maximum absolute atomic E-state index is 12.7. The number of hydrogen-bond donors (Lipinski definition) is 1. The summed E-state index contributed by atoms with van der Waals surface area (Å²) in [5.41, 5.74) is 1.36. The van der Waals surface area contributed by atoms with Gasteiger partial charge in [0.05, 0.1) is 4.92 Å². The highest BCUT2D eigenvalue weighted by atomic mass is 16.6. The van der Waals surface area contributed by atoms with Crippen molar-refractivity contribution >= 4 is 11.7 Å². The van der Waals surface area contributed by atoms with Gasteiger partial charge in [0.1, 0.15) is 12.1 Å². The lowest BCUT2D eigenvalue weighted by Crippen LogP contribution is -2.32. The molecule has 1 aliphatic rings. The molecular weight excluding hydrogens is 332 g/mol. The summed E-state index contributed by atoms with van der Waals surface area (Å²) in [6, 6.07) is 15.2. The summed E-state index contributed by atoms with van der Waals surface area (Å²) >= 11 is 0. The molecule has 0 saturated heterocycles. The van der Waals surface area contributed by atoms with Crippen LogP contribution in [0.15, 0.2) is 54.6 Å². The van der Waals surface area contributed by atoms with E-state index < -0.39 is 11.0 Å². The van der Waals surface area contributed by atoms with Crippen LogP contribution < -0.4 is 5.32 Å². The van der Waals surface area contributed by atoms with Crippen LogP contribution in [0, 0.1) is 10.1 Å². The summed E-state index contributed by atoms with van der Waals surface area (Å²) in [6.07, 6.45) is 3.94. The summed E-state index contributed by atoms with van der Waals surface area (Å²) in [5, 5.41) is 14.3. The van der Waals surface area contributed by atoms with Gasteiger partial charge in [-0.1, -0.05) is 48.5 Å².